The molecule has 0 atom stereocenters. The molecule has 4 heterocycles. The monoisotopic (exact) mass is 361 g/mol. The molecule has 0 saturated carbocycles. The normalized spacial score (nSPS) is 19.1. The predicted octanol–water partition coefficient (Wildman–Crippen LogP) is 3.79. The highest BCUT2D eigenvalue weighted by atomic mass is 15.2. The van der Waals surface area contributed by atoms with Crippen LogP contribution in [0.25, 0.3) is 0 Å². The van der Waals surface area contributed by atoms with Crippen LogP contribution in [-0.4, -0.2) is 36.1 Å². The first-order valence-electron chi connectivity index (χ1n) is 10.0. The van der Waals surface area contributed by atoms with Crippen molar-refractivity contribution in [3.05, 3.63) is 47.8 Å². The molecule has 4 rings (SSSR count). The predicted molar refractivity (Wildman–Crippen MR) is 108 cm³/mol. The summed E-state index contributed by atoms with van der Waals surface area (Å²) in [7, 11) is 0. The van der Waals surface area contributed by atoms with Gasteiger partial charge in [0, 0.05) is 32.4 Å². The molecular weight excluding hydrogens is 334 g/mol. The molecule has 2 fully saturated rings. The first kappa shape index (κ1) is 17.8. The quantitative estimate of drug-likeness (QED) is 0.832. The molecule has 5 heteroatoms. The third kappa shape index (κ3) is 4.05. The van der Waals surface area contributed by atoms with E-state index in [9.17, 15) is 0 Å². The van der Waals surface area contributed by atoms with Gasteiger partial charge in [0.1, 0.15) is 23.4 Å². The Bertz CT molecular complexity index is 794. The zero-order chi connectivity index (χ0) is 18.6. The number of pyridine rings is 2. The van der Waals surface area contributed by atoms with Crippen molar-refractivity contribution in [2.45, 2.75) is 32.6 Å². The fourth-order valence-electron chi connectivity index (χ4n) is 4.51. The molecule has 2 aliphatic heterocycles. The Kier molecular flexibility index (Phi) is 5.24. The van der Waals surface area contributed by atoms with Gasteiger partial charge in [-0.3, -0.25) is 0 Å². The van der Waals surface area contributed by atoms with Gasteiger partial charge < -0.3 is 9.80 Å². The number of aromatic nitrogens is 2. The van der Waals surface area contributed by atoms with E-state index in [4.69, 9.17) is 5.26 Å². The van der Waals surface area contributed by atoms with E-state index >= 15 is 0 Å². The fourth-order valence-corrected chi connectivity index (χ4v) is 4.51. The van der Waals surface area contributed by atoms with Gasteiger partial charge in [-0.2, -0.15) is 5.26 Å². The van der Waals surface area contributed by atoms with Crippen LogP contribution in [0.3, 0.4) is 0 Å². The van der Waals surface area contributed by atoms with Crippen LogP contribution >= 0.6 is 0 Å². The molecule has 2 aliphatic rings. The van der Waals surface area contributed by atoms with Crippen LogP contribution in [-0.2, 0) is 0 Å². The second-order valence-electron chi connectivity index (χ2n) is 7.84. The summed E-state index contributed by atoms with van der Waals surface area (Å²) >= 11 is 0. The molecule has 0 bridgehead atoms. The number of rotatable bonds is 3. The van der Waals surface area contributed by atoms with Gasteiger partial charge in [-0.25, -0.2) is 9.97 Å². The average molecular weight is 361 g/mol. The lowest BCUT2D eigenvalue weighted by molar-refractivity contribution is 0.232. The summed E-state index contributed by atoms with van der Waals surface area (Å²) in [5.41, 5.74) is 1.72. The Labute approximate surface area is 161 Å². The summed E-state index contributed by atoms with van der Waals surface area (Å²) in [6, 6.07) is 12.2. The van der Waals surface area contributed by atoms with Crippen LogP contribution in [0.15, 0.2) is 36.5 Å². The topological polar surface area (TPSA) is 56.0 Å². The van der Waals surface area contributed by atoms with Gasteiger partial charge in [-0.1, -0.05) is 12.1 Å². The fraction of sp³-hybridized carbons (Fsp3) is 0.500. The molecular formula is C22H27N5. The van der Waals surface area contributed by atoms with E-state index in [1.807, 2.05) is 18.3 Å². The van der Waals surface area contributed by atoms with Crippen molar-refractivity contribution in [1.82, 2.24) is 9.97 Å². The Morgan fingerprint density at radius 3 is 2.07 bits per heavy atom. The Morgan fingerprint density at radius 1 is 0.889 bits per heavy atom. The van der Waals surface area contributed by atoms with Crippen molar-refractivity contribution in [2.75, 3.05) is 36.0 Å². The third-order valence-corrected chi connectivity index (χ3v) is 6.14. The van der Waals surface area contributed by atoms with E-state index in [0.717, 1.165) is 49.7 Å². The molecule has 0 radical (unpaired) electrons. The second-order valence-corrected chi connectivity index (χ2v) is 7.84. The van der Waals surface area contributed by atoms with Crippen LogP contribution in [0.1, 0.15) is 36.9 Å². The van der Waals surface area contributed by atoms with E-state index in [0.29, 0.717) is 5.69 Å². The van der Waals surface area contributed by atoms with E-state index < -0.39 is 0 Å². The average Bonchev–Trinajstić information content (AvgIpc) is 2.75. The third-order valence-electron chi connectivity index (χ3n) is 6.14. The lowest BCUT2D eigenvalue weighted by Gasteiger charge is -2.40. The minimum atomic E-state index is 0.506. The maximum Gasteiger partial charge on any atom is 0.142 e. The van der Waals surface area contributed by atoms with E-state index in [2.05, 4.69) is 44.9 Å². The van der Waals surface area contributed by atoms with Crippen LogP contribution in [0.5, 0.6) is 0 Å². The minimum absolute atomic E-state index is 0.506. The molecule has 27 heavy (non-hydrogen) atoms. The lowest BCUT2D eigenvalue weighted by Crippen LogP contribution is -2.41. The van der Waals surface area contributed by atoms with Crippen molar-refractivity contribution in [3.63, 3.8) is 0 Å². The number of piperidine rings is 2. The summed E-state index contributed by atoms with van der Waals surface area (Å²) < 4.78 is 0. The number of aryl methyl sites for hydroxylation is 1. The molecule has 140 valence electrons. The first-order valence-corrected chi connectivity index (χ1v) is 10.0. The van der Waals surface area contributed by atoms with Crippen molar-refractivity contribution in [2.24, 2.45) is 11.8 Å². The second kappa shape index (κ2) is 7.96. The number of nitrogens with zero attached hydrogens (tertiary/aromatic N) is 5. The summed E-state index contributed by atoms with van der Waals surface area (Å²) in [6.45, 7) is 6.42. The molecule has 2 aromatic heterocycles. The zero-order valence-electron chi connectivity index (χ0n) is 16.0. The highest BCUT2D eigenvalue weighted by Gasteiger charge is 2.30. The van der Waals surface area contributed by atoms with Gasteiger partial charge in [-0.15, -0.1) is 0 Å². The van der Waals surface area contributed by atoms with Gasteiger partial charge in [0.25, 0.3) is 0 Å². The van der Waals surface area contributed by atoms with Crippen molar-refractivity contribution < 1.29 is 0 Å². The highest BCUT2D eigenvalue weighted by molar-refractivity contribution is 5.42. The van der Waals surface area contributed by atoms with Crippen molar-refractivity contribution >= 4 is 11.6 Å². The molecule has 0 unspecified atom stereocenters. The first-order chi connectivity index (χ1) is 13.2. The SMILES string of the molecule is Cc1ccc(N2CCC(C3CCN(c4cccc(C#N)n4)CC3)CC2)nc1. The summed E-state index contributed by atoms with van der Waals surface area (Å²) in [5, 5.41) is 9.05. The minimum Gasteiger partial charge on any atom is -0.357 e. The molecule has 0 aliphatic carbocycles. The Balaban J connectivity index is 1.29. The van der Waals surface area contributed by atoms with Gasteiger partial charge >= 0.3 is 0 Å². The molecule has 2 aromatic rings. The van der Waals surface area contributed by atoms with Gasteiger partial charge in [0.2, 0.25) is 0 Å². The Morgan fingerprint density at radius 2 is 1.52 bits per heavy atom. The maximum atomic E-state index is 9.05. The molecule has 0 spiro atoms. The van der Waals surface area contributed by atoms with Crippen LogP contribution in [0, 0.1) is 30.1 Å². The molecule has 0 N–H and O–H groups in total. The number of hydrogen-bond acceptors (Lipinski definition) is 5. The van der Waals surface area contributed by atoms with Gasteiger partial charge in [0.05, 0.1) is 0 Å². The smallest absolute Gasteiger partial charge is 0.142 e. The van der Waals surface area contributed by atoms with Crippen molar-refractivity contribution in [3.8, 4) is 6.07 Å². The molecule has 0 amide bonds. The van der Waals surface area contributed by atoms with Crippen LogP contribution in [0.2, 0.25) is 0 Å². The van der Waals surface area contributed by atoms with E-state index in [1.54, 1.807) is 6.07 Å². The summed E-state index contributed by atoms with van der Waals surface area (Å²) in [6.07, 6.45) is 6.95. The zero-order valence-corrected chi connectivity index (χ0v) is 16.0. The Hall–Kier alpha value is -2.61. The summed E-state index contributed by atoms with van der Waals surface area (Å²) in [5.74, 6) is 3.71. The molecule has 2 saturated heterocycles. The standard InChI is InChI=1S/C22H27N5/c1-17-5-6-21(24-16-17)26-11-7-18(8-12-26)19-9-13-27(14-10-19)22-4-2-3-20(15-23)25-22/h2-6,16,18-19H,7-14H2,1H3. The summed E-state index contributed by atoms with van der Waals surface area (Å²) in [4.78, 5) is 13.8. The lowest BCUT2D eigenvalue weighted by atomic mass is 9.79. The molecule has 0 aromatic carbocycles. The number of anilines is 2. The van der Waals surface area contributed by atoms with E-state index in [-0.39, 0.29) is 0 Å². The van der Waals surface area contributed by atoms with Crippen LogP contribution in [0.4, 0.5) is 11.6 Å². The van der Waals surface area contributed by atoms with Crippen molar-refractivity contribution in [1.29, 1.82) is 5.26 Å². The largest absolute Gasteiger partial charge is 0.357 e. The van der Waals surface area contributed by atoms with Gasteiger partial charge in [-0.05, 0) is 68.2 Å². The highest BCUT2D eigenvalue weighted by Crippen LogP contribution is 2.34. The van der Waals surface area contributed by atoms with Crippen LogP contribution < -0.4 is 9.80 Å². The number of nitriles is 1. The number of hydrogen-bond donors (Lipinski definition) is 0. The van der Waals surface area contributed by atoms with E-state index in [1.165, 1.54) is 31.2 Å². The van der Waals surface area contributed by atoms with Gasteiger partial charge in [0.15, 0.2) is 0 Å². The molecule has 5 nitrogen and oxygen atoms in total. The maximum absolute atomic E-state index is 9.05.